The Hall–Kier alpha value is -1.71. The van der Waals surface area contributed by atoms with Crippen LogP contribution in [0.4, 0.5) is 4.79 Å². The van der Waals surface area contributed by atoms with Gasteiger partial charge in [0.2, 0.25) is 6.29 Å². The van der Waals surface area contributed by atoms with Crippen LogP contribution in [0.3, 0.4) is 0 Å². The summed E-state index contributed by atoms with van der Waals surface area (Å²) in [6.07, 6.45) is -6.03. The molecule has 1 fully saturated rings. The Morgan fingerprint density at radius 1 is 1.09 bits per heavy atom. The van der Waals surface area contributed by atoms with Crippen molar-refractivity contribution in [3.63, 3.8) is 0 Å². The molecule has 0 bridgehead atoms. The standard InChI is InChI=1S/C19H26O12S/c1-27-16(25)8-6-28-17(31-18-15(24)14(23)13(22)10(4-20)30-18)11-7(3-9(21)12(8)11)5-29-19(26)32-2/h3,6,9-15,17-18,20-24H,4-5H2,1-2H3/t9-,10+,11+,12-,13+,14-,15+,17-,18-/m1/s1. The van der Waals surface area contributed by atoms with E-state index < -0.39 is 72.8 Å². The maximum atomic E-state index is 12.2. The number of aliphatic hydroxyl groups excluding tert-OH is 5. The number of carbonyl (C=O) groups excluding carboxylic acids is 2. The third-order valence-corrected chi connectivity index (χ3v) is 6.06. The number of aliphatic hydroxyl groups is 5. The smallest absolute Gasteiger partial charge is 0.367 e. The monoisotopic (exact) mass is 478 g/mol. The Labute approximate surface area is 187 Å². The Morgan fingerprint density at radius 3 is 2.44 bits per heavy atom. The highest BCUT2D eigenvalue weighted by atomic mass is 32.2. The first-order valence-corrected chi connectivity index (χ1v) is 10.9. The fourth-order valence-electron chi connectivity index (χ4n) is 3.98. The van der Waals surface area contributed by atoms with Crippen LogP contribution in [0.15, 0.2) is 23.5 Å². The molecule has 0 unspecified atom stereocenters. The van der Waals surface area contributed by atoms with Crippen LogP contribution < -0.4 is 0 Å². The second-order valence-electron chi connectivity index (χ2n) is 7.43. The average Bonchev–Trinajstić information content (AvgIpc) is 3.14. The number of methoxy groups -OCH3 is 1. The molecule has 0 saturated carbocycles. The summed E-state index contributed by atoms with van der Waals surface area (Å²) in [5, 5.41) is 49.6. The Kier molecular flexibility index (Phi) is 8.16. The number of rotatable bonds is 6. The number of hydrogen-bond donors (Lipinski definition) is 5. The third-order valence-electron chi connectivity index (χ3n) is 5.61. The van der Waals surface area contributed by atoms with Gasteiger partial charge in [0.05, 0.1) is 37.6 Å². The van der Waals surface area contributed by atoms with E-state index in [4.69, 9.17) is 23.7 Å². The summed E-state index contributed by atoms with van der Waals surface area (Å²) < 4.78 is 26.5. The van der Waals surface area contributed by atoms with E-state index in [0.717, 1.165) is 18.0 Å². The van der Waals surface area contributed by atoms with E-state index >= 15 is 0 Å². The lowest BCUT2D eigenvalue weighted by Gasteiger charge is -2.43. The molecule has 0 radical (unpaired) electrons. The van der Waals surface area contributed by atoms with Gasteiger partial charge >= 0.3 is 11.3 Å². The predicted molar refractivity (Wildman–Crippen MR) is 106 cm³/mol. The van der Waals surface area contributed by atoms with Gasteiger partial charge in [-0.3, -0.25) is 0 Å². The molecule has 3 rings (SSSR count). The minimum atomic E-state index is -1.69. The van der Waals surface area contributed by atoms with Crippen molar-refractivity contribution in [1.29, 1.82) is 0 Å². The van der Waals surface area contributed by atoms with Crippen molar-refractivity contribution < 1.29 is 58.8 Å². The van der Waals surface area contributed by atoms with E-state index in [1.54, 1.807) is 0 Å². The highest BCUT2D eigenvalue weighted by Gasteiger charge is 2.52. The molecule has 3 aliphatic rings. The summed E-state index contributed by atoms with van der Waals surface area (Å²) in [5.41, 5.74) is 0.426. The summed E-state index contributed by atoms with van der Waals surface area (Å²) in [6.45, 7) is -0.868. The average molecular weight is 478 g/mol. The van der Waals surface area contributed by atoms with E-state index in [0.29, 0.717) is 5.57 Å². The van der Waals surface area contributed by atoms with Crippen LogP contribution in [0.2, 0.25) is 0 Å². The SMILES string of the molecule is COC(=O)C1=CO[C@H](O[C@H]2O[C@@H](CO)[C@H](O)[C@@H](O)[C@@H]2O)[C@H]2C(COC(=O)SC)=C[C@@H](O)[C@@H]12. The first kappa shape index (κ1) is 24.9. The van der Waals surface area contributed by atoms with Gasteiger partial charge in [-0.05, 0) is 23.6 Å². The predicted octanol–water partition coefficient (Wildman–Crippen LogP) is -1.75. The topological polar surface area (TPSA) is 181 Å². The van der Waals surface area contributed by atoms with E-state index in [1.807, 2.05) is 0 Å². The highest BCUT2D eigenvalue weighted by molar-refractivity contribution is 8.12. The van der Waals surface area contributed by atoms with Crippen molar-refractivity contribution in [2.45, 2.75) is 43.1 Å². The van der Waals surface area contributed by atoms with Crippen molar-refractivity contribution >= 4 is 23.0 Å². The lowest BCUT2D eigenvalue weighted by Crippen LogP contribution is -2.60. The molecule has 0 spiro atoms. The van der Waals surface area contributed by atoms with E-state index in [9.17, 15) is 35.1 Å². The van der Waals surface area contributed by atoms with Gasteiger partial charge in [-0.2, -0.15) is 0 Å². The van der Waals surface area contributed by atoms with Crippen LogP contribution in [0.25, 0.3) is 0 Å². The van der Waals surface area contributed by atoms with Gasteiger partial charge in [-0.25, -0.2) is 9.59 Å². The molecule has 12 nitrogen and oxygen atoms in total. The zero-order chi connectivity index (χ0) is 23.6. The van der Waals surface area contributed by atoms with Crippen LogP contribution in [0, 0.1) is 11.8 Å². The first-order chi connectivity index (χ1) is 15.2. The molecule has 0 aromatic carbocycles. The molecular weight excluding hydrogens is 452 g/mol. The third kappa shape index (κ3) is 4.79. The Bertz CT molecular complexity index is 767. The van der Waals surface area contributed by atoms with Crippen molar-refractivity contribution in [2.24, 2.45) is 11.8 Å². The largest absolute Gasteiger partial charge is 0.471 e. The number of thioether (sulfide) groups is 1. The summed E-state index contributed by atoms with van der Waals surface area (Å²) in [4.78, 5) is 23.8. The second-order valence-corrected chi connectivity index (χ2v) is 8.17. The second kappa shape index (κ2) is 10.5. The minimum absolute atomic E-state index is 0.0288. The van der Waals surface area contributed by atoms with E-state index in [1.165, 1.54) is 19.4 Å². The molecule has 9 atom stereocenters. The van der Waals surface area contributed by atoms with Crippen molar-refractivity contribution in [1.82, 2.24) is 0 Å². The summed E-state index contributed by atoms with van der Waals surface area (Å²) in [7, 11) is 1.17. The van der Waals surface area contributed by atoms with Gasteiger partial charge in [0.25, 0.3) is 0 Å². The molecule has 13 heteroatoms. The molecule has 0 aromatic heterocycles. The molecular formula is C19H26O12S. The van der Waals surface area contributed by atoms with Crippen LogP contribution in [-0.4, -0.2) is 106 Å². The molecule has 32 heavy (non-hydrogen) atoms. The molecule has 1 saturated heterocycles. The fourth-order valence-corrected chi connectivity index (χ4v) is 4.16. The van der Waals surface area contributed by atoms with Crippen molar-refractivity contribution in [3.05, 3.63) is 23.5 Å². The summed E-state index contributed by atoms with van der Waals surface area (Å²) >= 11 is 0.853. The zero-order valence-corrected chi connectivity index (χ0v) is 18.1. The number of ether oxygens (including phenoxy) is 5. The molecule has 5 N–H and O–H groups in total. The van der Waals surface area contributed by atoms with Crippen molar-refractivity contribution in [2.75, 3.05) is 26.6 Å². The molecule has 2 heterocycles. The number of carbonyl (C=O) groups is 2. The lowest BCUT2D eigenvalue weighted by atomic mass is 9.82. The summed E-state index contributed by atoms with van der Waals surface area (Å²) in [5.74, 6) is -2.44. The lowest BCUT2D eigenvalue weighted by molar-refractivity contribution is -0.340. The van der Waals surface area contributed by atoms with Gasteiger partial charge in [0.15, 0.2) is 6.29 Å². The zero-order valence-electron chi connectivity index (χ0n) is 17.3. The van der Waals surface area contributed by atoms with Crippen molar-refractivity contribution in [3.8, 4) is 0 Å². The Morgan fingerprint density at radius 2 is 1.81 bits per heavy atom. The molecule has 2 aliphatic heterocycles. The van der Waals surface area contributed by atoms with E-state index in [2.05, 4.69) is 0 Å². The molecule has 0 amide bonds. The fraction of sp³-hybridized carbons (Fsp3) is 0.684. The summed E-state index contributed by atoms with van der Waals surface area (Å²) in [6, 6.07) is 0. The Balaban J connectivity index is 1.86. The van der Waals surface area contributed by atoms with Gasteiger partial charge in [0.1, 0.15) is 31.0 Å². The quantitative estimate of drug-likeness (QED) is 0.214. The highest BCUT2D eigenvalue weighted by Crippen LogP contribution is 2.45. The van der Waals surface area contributed by atoms with Gasteiger partial charge < -0.3 is 49.2 Å². The number of hydrogen-bond acceptors (Lipinski definition) is 13. The first-order valence-electron chi connectivity index (χ1n) is 9.72. The molecule has 180 valence electrons. The van der Waals surface area contributed by atoms with Crippen LogP contribution in [-0.2, 0) is 28.5 Å². The maximum Gasteiger partial charge on any atom is 0.367 e. The van der Waals surface area contributed by atoms with E-state index in [-0.39, 0.29) is 12.2 Å². The van der Waals surface area contributed by atoms with Gasteiger partial charge in [0, 0.05) is 5.92 Å². The van der Waals surface area contributed by atoms with Gasteiger partial charge in [-0.15, -0.1) is 0 Å². The van der Waals surface area contributed by atoms with Crippen LogP contribution in [0.1, 0.15) is 0 Å². The number of esters is 1. The molecule has 1 aliphatic carbocycles. The van der Waals surface area contributed by atoms with Gasteiger partial charge in [-0.1, -0.05) is 6.08 Å². The number of fused-ring (bicyclic) bond motifs is 1. The van der Waals surface area contributed by atoms with Crippen LogP contribution >= 0.6 is 11.8 Å². The normalized spacial score (nSPS) is 38.8. The minimum Gasteiger partial charge on any atom is -0.471 e. The maximum absolute atomic E-state index is 12.2. The van der Waals surface area contributed by atoms with Crippen LogP contribution in [0.5, 0.6) is 0 Å². The molecule has 0 aromatic rings.